The molecule has 0 aliphatic carbocycles. The van der Waals surface area contributed by atoms with E-state index in [4.69, 9.17) is 9.47 Å². The molecule has 0 aromatic heterocycles. The number of carboxylic acids is 1. The monoisotopic (exact) mass is 309 g/mol. The topological polar surface area (TPSA) is 59.0 Å². The molecule has 2 fully saturated rings. The van der Waals surface area contributed by atoms with Gasteiger partial charge in [-0.15, -0.1) is 0 Å². The Kier molecular flexibility index (Phi) is 4.31. The molecule has 2 aliphatic heterocycles. The van der Waals surface area contributed by atoms with Crippen LogP contribution in [0.3, 0.4) is 0 Å². The molecule has 1 aromatic rings. The fraction of sp³-hybridized carbons (Fsp3) is 0.562. The van der Waals surface area contributed by atoms with E-state index in [1.165, 1.54) is 12.1 Å². The zero-order chi connectivity index (χ0) is 15.6. The maximum atomic E-state index is 12.8. The molecule has 22 heavy (non-hydrogen) atoms. The summed E-state index contributed by atoms with van der Waals surface area (Å²) < 4.78 is 23.7. The van der Waals surface area contributed by atoms with Gasteiger partial charge in [0.05, 0.1) is 19.8 Å². The lowest BCUT2D eigenvalue weighted by atomic mass is 9.81. The predicted octanol–water partition coefficient (Wildman–Crippen LogP) is 1.63. The smallest absolute Gasteiger partial charge is 0.313 e. The Morgan fingerprint density at radius 2 is 2.23 bits per heavy atom. The Morgan fingerprint density at radius 3 is 2.91 bits per heavy atom. The van der Waals surface area contributed by atoms with Crippen LogP contribution in [0.5, 0.6) is 5.75 Å². The minimum absolute atomic E-state index is 0.0861. The summed E-state index contributed by atoms with van der Waals surface area (Å²) in [6, 6.07) is 5.94. The van der Waals surface area contributed by atoms with E-state index in [2.05, 4.69) is 4.90 Å². The molecule has 0 unspecified atom stereocenters. The first-order valence-electron chi connectivity index (χ1n) is 7.52. The molecule has 3 rings (SSSR count). The van der Waals surface area contributed by atoms with Crippen LogP contribution in [0, 0.1) is 17.2 Å². The minimum atomic E-state index is -0.750. The van der Waals surface area contributed by atoms with Crippen molar-refractivity contribution < 1.29 is 23.8 Å². The first-order valence-corrected chi connectivity index (χ1v) is 7.52. The second-order valence-electron chi connectivity index (χ2n) is 6.06. The van der Waals surface area contributed by atoms with E-state index in [0.29, 0.717) is 32.1 Å². The number of likely N-dealkylation sites (tertiary alicyclic amines) is 1. The van der Waals surface area contributed by atoms with Crippen LogP contribution in [0.1, 0.15) is 6.42 Å². The standard InChI is InChI=1S/C16H20FNO4/c17-13-2-4-14(5-3-13)22-7-1-6-18-8-12-9-21-11-16(12,10-18)15(19)20/h2-5,12H,1,6-11H2,(H,19,20)/t12-,16-/m1/s1. The Bertz CT molecular complexity index is 535. The SMILES string of the molecule is O=C(O)[C@]12COC[C@H]1CN(CCCOc1ccc(F)cc1)C2. The molecular formula is C16H20FNO4. The molecule has 6 heteroatoms. The first-order chi connectivity index (χ1) is 10.6. The molecule has 0 amide bonds. The summed E-state index contributed by atoms with van der Waals surface area (Å²) in [6.45, 7) is 3.49. The van der Waals surface area contributed by atoms with Gasteiger partial charge in [-0.3, -0.25) is 4.79 Å². The van der Waals surface area contributed by atoms with Crippen LogP contribution < -0.4 is 4.74 Å². The minimum Gasteiger partial charge on any atom is -0.494 e. The van der Waals surface area contributed by atoms with Crippen LogP contribution in [-0.2, 0) is 9.53 Å². The van der Waals surface area contributed by atoms with Gasteiger partial charge in [0.25, 0.3) is 0 Å². The van der Waals surface area contributed by atoms with E-state index in [0.717, 1.165) is 19.5 Å². The lowest BCUT2D eigenvalue weighted by molar-refractivity contribution is -0.149. The number of ether oxygens (including phenoxy) is 2. The van der Waals surface area contributed by atoms with E-state index in [-0.39, 0.29) is 11.7 Å². The number of rotatable bonds is 6. The molecule has 1 N–H and O–H groups in total. The lowest BCUT2D eigenvalue weighted by Gasteiger charge is -2.22. The van der Waals surface area contributed by atoms with Crippen molar-refractivity contribution in [1.29, 1.82) is 0 Å². The third kappa shape index (κ3) is 2.94. The van der Waals surface area contributed by atoms with Gasteiger partial charge in [-0.25, -0.2) is 4.39 Å². The first kappa shape index (κ1) is 15.2. The van der Waals surface area contributed by atoms with Gasteiger partial charge in [-0.05, 0) is 30.7 Å². The maximum absolute atomic E-state index is 12.8. The number of carboxylic acid groups (broad SMARTS) is 1. The molecule has 1 aromatic carbocycles. The normalized spacial score (nSPS) is 27.8. The number of aliphatic carboxylic acids is 1. The third-order valence-corrected chi connectivity index (χ3v) is 4.57. The van der Waals surface area contributed by atoms with Gasteiger partial charge in [0.2, 0.25) is 0 Å². The summed E-state index contributed by atoms with van der Waals surface area (Å²) in [5.41, 5.74) is -0.724. The van der Waals surface area contributed by atoms with Crippen LogP contribution >= 0.6 is 0 Å². The van der Waals surface area contributed by atoms with Crippen LogP contribution in [0.4, 0.5) is 4.39 Å². The highest BCUT2D eigenvalue weighted by Crippen LogP contribution is 2.41. The lowest BCUT2D eigenvalue weighted by Crippen LogP contribution is -2.39. The number of hydrogen-bond donors (Lipinski definition) is 1. The molecule has 2 saturated heterocycles. The molecule has 2 atom stereocenters. The third-order valence-electron chi connectivity index (χ3n) is 4.57. The summed E-state index contributed by atoms with van der Waals surface area (Å²) in [6.07, 6.45) is 0.806. The number of fused-ring (bicyclic) bond motifs is 1. The van der Waals surface area contributed by atoms with Crippen molar-refractivity contribution in [2.24, 2.45) is 11.3 Å². The summed E-state index contributed by atoms with van der Waals surface area (Å²) in [5.74, 6) is -0.296. The largest absolute Gasteiger partial charge is 0.494 e. The molecule has 0 spiro atoms. The Labute approximate surface area is 128 Å². The molecule has 2 heterocycles. The van der Waals surface area contributed by atoms with Gasteiger partial charge in [-0.2, -0.15) is 0 Å². The molecule has 2 aliphatic rings. The fourth-order valence-corrected chi connectivity index (χ4v) is 3.32. The van der Waals surface area contributed by atoms with Gasteiger partial charge in [-0.1, -0.05) is 0 Å². The van der Waals surface area contributed by atoms with E-state index in [1.54, 1.807) is 12.1 Å². The second-order valence-corrected chi connectivity index (χ2v) is 6.06. The van der Waals surface area contributed by atoms with E-state index in [9.17, 15) is 14.3 Å². The summed E-state index contributed by atoms with van der Waals surface area (Å²) in [5, 5.41) is 9.47. The molecule has 0 radical (unpaired) electrons. The number of halogens is 1. The number of nitrogens with zero attached hydrogens (tertiary/aromatic N) is 1. The van der Waals surface area contributed by atoms with Crippen molar-refractivity contribution in [3.05, 3.63) is 30.1 Å². The van der Waals surface area contributed by atoms with Gasteiger partial charge in [0.1, 0.15) is 17.0 Å². The van der Waals surface area contributed by atoms with Gasteiger partial charge in [0.15, 0.2) is 0 Å². The highest BCUT2D eigenvalue weighted by Gasteiger charge is 2.55. The van der Waals surface area contributed by atoms with Crippen LogP contribution in [0.25, 0.3) is 0 Å². The second kappa shape index (κ2) is 6.22. The number of hydrogen-bond acceptors (Lipinski definition) is 4. The molecule has 120 valence electrons. The van der Waals surface area contributed by atoms with E-state index in [1.807, 2.05) is 0 Å². The van der Waals surface area contributed by atoms with Crippen molar-refractivity contribution in [1.82, 2.24) is 4.90 Å². The van der Waals surface area contributed by atoms with Gasteiger partial charge >= 0.3 is 5.97 Å². The van der Waals surface area contributed by atoms with Gasteiger partial charge in [0, 0.05) is 25.6 Å². The summed E-state index contributed by atoms with van der Waals surface area (Å²) >= 11 is 0. The van der Waals surface area contributed by atoms with Crippen molar-refractivity contribution in [3.63, 3.8) is 0 Å². The molecular weight excluding hydrogens is 289 g/mol. The van der Waals surface area contributed by atoms with Crippen molar-refractivity contribution >= 4 is 5.97 Å². The average molecular weight is 309 g/mol. The van der Waals surface area contributed by atoms with E-state index >= 15 is 0 Å². The van der Waals surface area contributed by atoms with E-state index < -0.39 is 11.4 Å². The fourth-order valence-electron chi connectivity index (χ4n) is 3.32. The molecule has 0 saturated carbocycles. The highest BCUT2D eigenvalue weighted by atomic mass is 19.1. The molecule has 0 bridgehead atoms. The van der Waals surface area contributed by atoms with Gasteiger partial charge < -0.3 is 19.5 Å². The predicted molar refractivity (Wildman–Crippen MR) is 77.3 cm³/mol. The van der Waals surface area contributed by atoms with Crippen molar-refractivity contribution in [3.8, 4) is 5.75 Å². The summed E-state index contributed by atoms with van der Waals surface area (Å²) in [7, 11) is 0. The average Bonchev–Trinajstić information content (AvgIpc) is 3.03. The Morgan fingerprint density at radius 1 is 1.45 bits per heavy atom. The van der Waals surface area contributed by atoms with Crippen LogP contribution in [-0.4, -0.2) is 55.4 Å². The quantitative estimate of drug-likeness (QED) is 0.809. The van der Waals surface area contributed by atoms with Crippen LogP contribution in [0.15, 0.2) is 24.3 Å². The number of carbonyl (C=O) groups is 1. The maximum Gasteiger partial charge on any atom is 0.313 e. The zero-order valence-corrected chi connectivity index (χ0v) is 12.3. The number of benzene rings is 1. The Balaban J connectivity index is 1.43. The summed E-state index contributed by atoms with van der Waals surface area (Å²) in [4.78, 5) is 13.7. The Hall–Kier alpha value is -1.66. The van der Waals surface area contributed by atoms with Crippen molar-refractivity contribution in [2.75, 3.05) is 39.5 Å². The van der Waals surface area contributed by atoms with Crippen molar-refractivity contribution in [2.45, 2.75) is 6.42 Å². The molecule has 5 nitrogen and oxygen atoms in total. The highest BCUT2D eigenvalue weighted by molar-refractivity contribution is 5.76. The zero-order valence-electron chi connectivity index (χ0n) is 12.3. The van der Waals surface area contributed by atoms with Crippen LogP contribution in [0.2, 0.25) is 0 Å².